The summed E-state index contributed by atoms with van der Waals surface area (Å²) in [5.41, 5.74) is 1.81. The molecule has 1 N–H and O–H groups in total. The van der Waals surface area contributed by atoms with E-state index in [1.54, 1.807) is 28.8 Å². The van der Waals surface area contributed by atoms with Crippen LogP contribution in [0.4, 0.5) is 0 Å². The van der Waals surface area contributed by atoms with Crippen molar-refractivity contribution in [1.29, 1.82) is 0 Å². The van der Waals surface area contributed by atoms with E-state index in [1.165, 1.54) is 0 Å². The quantitative estimate of drug-likeness (QED) is 0.162. The lowest BCUT2D eigenvalue weighted by Crippen LogP contribution is -2.51. The van der Waals surface area contributed by atoms with Crippen molar-refractivity contribution in [1.82, 2.24) is 10.2 Å². The van der Waals surface area contributed by atoms with E-state index in [4.69, 9.17) is 34.8 Å². The summed E-state index contributed by atoms with van der Waals surface area (Å²) in [6.45, 7) is 4.89. The largest absolute Gasteiger partial charge is 0.354 e. The Hall–Kier alpha value is -2.18. The van der Waals surface area contributed by atoms with Crippen LogP contribution in [0.15, 0.2) is 77.7 Å². The minimum absolute atomic E-state index is 0.0755. The normalized spacial score (nSPS) is 11.8. The lowest BCUT2D eigenvalue weighted by molar-refractivity contribution is -0.141. The predicted octanol–water partition coefficient (Wildman–Crippen LogP) is 7.93. The molecule has 202 valence electrons. The van der Waals surface area contributed by atoms with Crippen LogP contribution in [0.2, 0.25) is 15.1 Å². The van der Waals surface area contributed by atoms with Gasteiger partial charge in [-0.1, -0.05) is 85.0 Å². The van der Waals surface area contributed by atoms with E-state index in [9.17, 15) is 9.59 Å². The second kappa shape index (κ2) is 15.4. The van der Waals surface area contributed by atoms with Gasteiger partial charge in [-0.15, -0.1) is 11.8 Å². The summed E-state index contributed by atoms with van der Waals surface area (Å²) in [5.74, 6) is 0.831. The highest BCUT2D eigenvalue weighted by molar-refractivity contribution is 7.99. The Morgan fingerprint density at radius 1 is 0.895 bits per heavy atom. The van der Waals surface area contributed by atoms with Crippen LogP contribution in [0, 0.1) is 5.92 Å². The van der Waals surface area contributed by atoms with Crippen LogP contribution in [0.1, 0.15) is 37.8 Å². The van der Waals surface area contributed by atoms with E-state index < -0.39 is 6.04 Å². The molecule has 0 saturated carbocycles. The minimum atomic E-state index is -0.665. The zero-order chi connectivity index (χ0) is 27.5. The second-order valence-corrected chi connectivity index (χ2v) is 11.9. The molecule has 0 aromatic heterocycles. The smallest absolute Gasteiger partial charge is 0.243 e. The van der Waals surface area contributed by atoms with Crippen LogP contribution >= 0.6 is 46.6 Å². The Morgan fingerprint density at radius 2 is 1.61 bits per heavy atom. The van der Waals surface area contributed by atoms with Crippen LogP contribution < -0.4 is 5.32 Å². The fraction of sp³-hybridized carbons (Fsp3) is 0.333. The highest BCUT2D eigenvalue weighted by Gasteiger charge is 2.30. The molecule has 38 heavy (non-hydrogen) atoms. The molecule has 0 aliphatic heterocycles. The van der Waals surface area contributed by atoms with Crippen molar-refractivity contribution in [3.63, 3.8) is 0 Å². The van der Waals surface area contributed by atoms with Crippen molar-refractivity contribution in [2.75, 3.05) is 12.3 Å². The van der Waals surface area contributed by atoms with E-state index in [-0.39, 0.29) is 18.4 Å². The summed E-state index contributed by atoms with van der Waals surface area (Å²) in [6, 6.07) is 22.1. The predicted molar refractivity (Wildman–Crippen MR) is 160 cm³/mol. The highest BCUT2D eigenvalue weighted by Crippen LogP contribution is 2.25. The van der Waals surface area contributed by atoms with Gasteiger partial charge in [-0.05, 0) is 65.6 Å². The lowest BCUT2D eigenvalue weighted by atomic mass is 10.0. The average Bonchev–Trinajstić information content (AvgIpc) is 2.90. The number of thioether (sulfide) groups is 1. The van der Waals surface area contributed by atoms with E-state index in [2.05, 4.69) is 5.32 Å². The van der Waals surface area contributed by atoms with Gasteiger partial charge in [-0.3, -0.25) is 9.59 Å². The third kappa shape index (κ3) is 9.85. The Labute approximate surface area is 245 Å². The Bertz CT molecular complexity index is 1190. The fourth-order valence-corrected chi connectivity index (χ4v) is 5.20. The number of carbonyl (C=O) groups is 2. The van der Waals surface area contributed by atoms with Crippen molar-refractivity contribution in [3.05, 3.63) is 99.0 Å². The minimum Gasteiger partial charge on any atom is -0.354 e. The van der Waals surface area contributed by atoms with Crippen LogP contribution in [-0.2, 0) is 22.6 Å². The number of benzene rings is 3. The standard InChI is InChI=1S/C30H33Cl3N2O2S/c1-21(2)19-34-30(37)28(18-22-7-4-3-5-8-22)35(20-23-10-15-26(32)27(33)17-23)29(36)9-6-16-38-25-13-11-24(31)12-14-25/h3-5,7-8,10-15,17,21,28H,6,9,16,18-20H2,1-2H3,(H,34,37). The van der Waals surface area contributed by atoms with Gasteiger partial charge < -0.3 is 10.2 Å². The highest BCUT2D eigenvalue weighted by atomic mass is 35.5. The molecule has 1 atom stereocenters. The molecule has 0 saturated heterocycles. The van der Waals surface area contributed by atoms with Crippen molar-refractivity contribution < 1.29 is 9.59 Å². The maximum Gasteiger partial charge on any atom is 0.243 e. The van der Waals surface area contributed by atoms with Crippen molar-refractivity contribution in [2.45, 2.75) is 50.6 Å². The maximum atomic E-state index is 13.7. The number of halogens is 3. The monoisotopic (exact) mass is 590 g/mol. The van der Waals surface area contributed by atoms with Gasteiger partial charge >= 0.3 is 0 Å². The number of hydrogen-bond donors (Lipinski definition) is 1. The van der Waals surface area contributed by atoms with Crippen molar-refractivity contribution in [3.8, 4) is 0 Å². The molecule has 3 aromatic carbocycles. The number of nitrogens with one attached hydrogen (secondary N) is 1. The van der Waals surface area contributed by atoms with Gasteiger partial charge in [-0.25, -0.2) is 0 Å². The van der Waals surface area contributed by atoms with E-state index in [1.807, 2.05) is 74.5 Å². The van der Waals surface area contributed by atoms with Crippen molar-refractivity contribution >= 4 is 58.4 Å². The molecular weight excluding hydrogens is 559 g/mol. The van der Waals surface area contributed by atoms with E-state index >= 15 is 0 Å². The molecule has 0 heterocycles. The number of carbonyl (C=O) groups excluding carboxylic acids is 2. The zero-order valence-corrected chi connectivity index (χ0v) is 24.7. The van der Waals surface area contributed by atoms with Gasteiger partial charge in [0.1, 0.15) is 6.04 Å². The number of nitrogens with zero attached hydrogens (tertiary/aromatic N) is 1. The Kier molecular flexibility index (Phi) is 12.3. The molecule has 8 heteroatoms. The third-order valence-electron chi connectivity index (χ3n) is 5.91. The van der Waals surface area contributed by atoms with Crippen LogP contribution in [0.3, 0.4) is 0 Å². The molecule has 0 spiro atoms. The zero-order valence-electron chi connectivity index (χ0n) is 21.6. The maximum absolute atomic E-state index is 13.7. The second-order valence-electron chi connectivity index (χ2n) is 9.52. The van der Waals surface area contributed by atoms with Crippen LogP contribution in [0.5, 0.6) is 0 Å². The average molecular weight is 592 g/mol. The molecule has 0 radical (unpaired) electrons. The summed E-state index contributed by atoms with van der Waals surface area (Å²) in [7, 11) is 0. The first-order valence-electron chi connectivity index (χ1n) is 12.7. The van der Waals surface area contributed by atoms with Crippen molar-refractivity contribution in [2.24, 2.45) is 5.92 Å². The van der Waals surface area contributed by atoms with Gasteiger partial charge in [0.15, 0.2) is 0 Å². The molecule has 1 unspecified atom stereocenters. The Morgan fingerprint density at radius 3 is 2.26 bits per heavy atom. The van der Waals surface area contributed by atoms with Crippen LogP contribution in [0.25, 0.3) is 0 Å². The Balaban J connectivity index is 1.80. The third-order valence-corrected chi connectivity index (χ3v) is 8.00. The first kappa shape index (κ1) is 30.4. The molecule has 0 bridgehead atoms. The van der Waals surface area contributed by atoms with Gasteiger partial charge in [0.05, 0.1) is 10.0 Å². The first-order valence-corrected chi connectivity index (χ1v) is 14.8. The molecule has 0 aliphatic rings. The summed E-state index contributed by atoms with van der Waals surface area (Å²) in [6.07, 6.45) is 1.41. The molecular formula is C30H33Cl3N2O2S. The van der Waals surface area contributed by atoms with Crippen LogP contribution in [-0.4, -0.2) is 35.1 Å². The molecule has 4 nitrogen and oxygen atoms in total. The summed E-state index contributed by atoms with van der Waals surface area (Å²) in [5, 5.41) is 4.60. The van der Waals surface area contributed by atoms with Gasteiger partial charge in [-0.2, -0.15) is 0 Å². The van der Waals surface area contributed by atoms with Gasteiger partial charge in [0, 0.05) is 35.8 Å². The molecule has 3 rings (SSSR count). The lowest BCUT2D eigenvalue weighted by Gasteiger charge is -2.32. The molecule has 2 amide bonds. The SMILES string of the molecule is CC(C)CNC(=O)C(Cc1ccccc1)N(Cc1ccc(Cl)c(Cl)c1)C(=O)CCCSc1ccc(Cl)cc1. The molecule has 0 aliphatic carbocycles. The summed E-state index contributed by atoms with van der Waals surface area (Å²) < 4.78 is 0. The van der Waals surface area contributed by atoms with Gasteiger partial charge in [0.2, 0.25) is 11.8 Å². The molecule has 3 aromatic rings. The number of hydrogen-bond acceptors (Lipinski definition) is 3. The summed E-state index contributed by atoms with van der Waals surface area (Å²) >= 11 is 20.1. The van der Waals surface area contributed by atoms with E-state index in [0.29, 0.717) is 46.8 Å². The summed E-state index contributed by atoms with van der Waals surface area (Å²) in [4.78, 5) is 30.0. The number of amides is 2. The number of rotatable bonds is 13. The van der Waals surface area contributed by atoms with Gasteiger partial charge in [0.25, 0.3) is 0 Å². The molecule has 0 fully saturated rings. The first-order chi connectivity index (χ1) is 18.2. The van der Waals surface area contributed by atoms with E-state index in [0.717, 1.165) is 21.8 Å². The topological polar surface area (TPSA) is 49.4 Å². The fourth-order valence-electron chi connectivity index (χ4n) is 3.90.